The SMILES string of the molecule is COc1cc(N2CCC(N(C)C)CC2)ccc1Nc1ncc2ccn(Cc3ccccc3N(C)S(C)(=O)=O)c2n1. The molecule has 1 aliphatic heterocycles. The van der Waals surface area contributed by atoms with Crippen LogP contribution in [0.25, 0.3) is 11.0 Å². The zero-order chi connectivity index (χ0) is 28.4. The summed E-state index contributed by atoms with van der Waals surface area (Å²) in [4.78, 5) is 14.0. The fraction of sp³-hybridized carbons (Fsp3) is 0.379. The quantitative estimate of drug-likeness (QED) is 0.324. The minimum Gasteiger partial charge on any atom is -0.494 e. The fourth-order valence-electron chi connectivity index (χ4n) is 5.21. The standard InChI is InChI=1S/C29H37N7O3S/c1-33(2)23-13-16-35(17-14-23)24-10-11-25(27(18-24)39-4)31-29-30-19-21-12-15-36(28(21)32-29)20-22-8-6-7-9-26(22)34(3)40(5,37)38/h6-12,15,18-19,23H,13-14,16-17,20H2,1-5H3,(H,30,31,32). The summed E-state index contributed by atoms with van der Waals surface area (Å²) in [5.41, 5.74) is 4.17. The Morgan fingerprint density at radius 3 is 2.52 bits per heavy atom. The van der Waals surface area contributed by atoms with Crippen LogP contribution in [0, 0.1) is 0 Å². The molecule has 5 rings (SSSR count). The molecule has 2 aromatic heterocycles. The van der Waals surface area contributed by atoms with Crippen LogP contribution in [0.15, 0.2) is 60.9 Å². The van der Waals surface area contributed by atoms with E-state index in [9.17, 15) is 8.42 Å². The van der Waals surface area contributed by atoms with Gasteiger partial charge >= 0.3 is 0 Å². The zero-order valence-corrected chi connectivity index (χ0v) is 24.5. The van der Waals surface area contributed by atoms with Gasteiger partial charge in [0.2, 0.25) is 16.0 Å². The van der Waals surface area contributed by atoms with Gasteiger partial charge in [0.25, 0.3) is 0 Å². The molecule has 40 heavy (non-hydrogen) atoms. The van der Waals surface area contributed by atoms with Gasteiger partial charge in [0, 0.05) is 55.7 Å². The Labute approximate surface area is 236 Å². The molecule has 3 heterocycles. The van der Waals surface area contributed by atoms with Gasteiger partial charge < -0.3 is 24.4 Å². The minimum absolute atomic E-state index is 0.451. The lowest BCUT2D eigenvalue weighted by atomic mass is 10.0. The number of para-hydroxylation sites is 1. The largest absolute Gasteiger partial charge is 0.494 e. The van der Waals surface area contributed by atoms with Crippen LogP contribution in [0.2, 0.25) is 0 Å². The molecule has 0 amide bonds. The predicted molar refractivity (Wildman–Crippen MR) is 162 cm³/mol. The van der Waals surface area contributed by atoms with Gasteiger partial charge in [-0.15, -0.1) is 0 Å². The van der Waals surface area contributed by atoms with Gasteiger partial charge in [0.05, 0.1) is 31.3 Å². The molecule has 212 valence electrons. The molecule has 11 heteroatoms. The molecule has 0 aliphatic carbocycles. The van der Waals surface area contributed by atoms with Crippen LogP contribution >= 0.6 is 0 Å². The predicted octanol–water partition coefficient (Wildman–Crippen LogP) is 4.16. The summed E-state index contributed by atoms with van der Waals surface area (Å²) < 4.78 is 33.4. The van der Waals surface area contributed by atoms with Crippen molar-refractivity contribution in [2.45, 2.75) is 25.4 Å². The van der Waals surface area contributed by atoms with Gasteiger partial charge in [-0.25, -0.2) is 13.4 Å². The minimum atomic E-state index is -3.39. The highest BCUT2D eigenvalue weighted by Gasteiger charge is 2.22. The van der Waals surface area contributed by atoms with Crippen LogP contribution in [0.3, 0.4) is 0 Å². The van der Waals surface area contributed by atoms with E-state index in [-0.39, 0.29) is 0 Å². The number of nitrogens with zero attached hydrogens (tertiary/aromatic N) is 6. The number of fused-ring (bicyclic) bond motifs is 1. The third-order valence-electron chi connectivity index (χ3n) is 7.66. The number of hydrogen-bond acceptors (Lipinski definition) is 8. The number of nitrogens with one attached hydrogen (secondary N) is 1. The lowest BCUT2D eigenvalue weighted by Crippen LogP contribution is -2.41. The van der Waals surface area contributed by atoms with Crippen LogP contribution in [0.5, 0.6) is 5.75 Å². The first-order chi connectivity index (χ1) is 19.1. The second-order valence-corrected chi connectivity index (χ2v) is 12.5. The van der Waals surface area contributed by atoms with Crippen molar-refractivity contribution in [1.82, 2.24) is 19.4 Å². The Morgan fingerprint density at radius 2 is 1.82 bits per heavy atom. The molecule has 4 aromatic rings. The Hall–Kier alpha value is -3.83. The second kappa shape index (κ2) is 11.3. The lowest BCUT2D eigenvalue weighted by Gasteiger charge is -2.36. The molecule has 0 saturated carbocycles. The number of aromatic nitrogens is 3. The van der Waals surface area contributed by atoms with E-state index in [2.05, 4.69) is 46.3 Å². The van der Waals surface area contributed by atoms with E-state index in [4.69, 9.17) is 9.72 Å². The normalized spacial score (nSPS) is 14.6. The maximum absolute atomic E-state index is 12.2. The number of benzene rings is 2. The number of sulfonamides is 1. The highest BCUT2D eigenvalue weighted by Crippen LogP contribution is 2.33. The highest BCUT2D eigenvalue weighted by molar-refractivity contribution is 7.92. The van der Waals surface area contributed by atoms with Crippen LogP contribution < -0.4 is 19.3 Å². The van der Waals surface area contributed by atoms with E-state index < -0.39 is 10.0 Å². The maximum Gasteiger partial charge on any atom is 0.232 e. The van der Waals surface area contributed by atoms with Crippen molar-refractivity contribution < 1.29 is 13.2 Å². The number of rotatable bonds is 9. The van der Waals surface area contributed by atoms with Crippen molar-refractivity contribution >= 4 is 44.1 Å². The number of piperidine rings is 1. The summed E-state index contributed by atoms with van der Waals surface area (Å²) in [6.07, 6.45) is 7.20. The smallest absolute Gasteiger partial charge is 0.232 e. The summed E-state index contributed by atoms with van der Waals surface area (Å²) in [5.74, 6) is 1.18. The van der Waals surface area contributed by atoms with E-state index in [0.717, 1.165) is 59.7 Å². The topological polar surface area (TPSA) is 95.8 Å². The number of hydrogen-bond donors (Lipinski definition) is 1. The average molecular weight is 564 g/mol. The van der Waals surface area contributed by atoms with Crippen LogP contribution in [-0.2, 0) is 16.6 Å². The van der Waals surface area contributed by atoms with Crippen molar-refractivity contribution in [3.8, 4) is 5.75 Å². The molecule has 1 fully saturated rings. The van der Waals surface area contributed by atoms with Crippen molar-refractivity contribution in [1.29, 1.82) is 0 Å². The van der Waals surface area contributed by atoms with E-state index in [1.165, 1.54) is 10.6 Å². The lowest BCUT2D eigenvalue weighted by molar-refractivity contribution is 0.249. The van der Waals surface area contributed by atoms with Crippen LogP contribution in [-0.4, -0.2) is 81.5 Å². The first kappa shape index (κ1) is 27.7. The molecule has 0 atom stereocenters. The van der Waals surface area contributed by atoms with Crippen LogP contribution in [0.1, 0.15) is 18.4 Å². The second-order valence-electron chi connectivity index (χ2n) is 10.5. The molecule has 0 bridgehead atoms. The zero-order valence-electron chi connectivity index (χ0n) is 23.7. The van der Waals surface area contributed by atoms with Crippen molar-refractivity contribution in [3.63, 3.8) is 0 Å². The summed E-state index contributed by atoms with van der Waals surface area (Å²) in [6.45, 7) is 2.48. The Kier molecular flexibility index (Phi) is 7.86. The number of methoxy groups -OCH3 is 1. The Bertz CT molecular complexity index is 1590. The fourth-order valence-corrected chi connectivity index (χ4v) is 5.75. The van der Waals surface area contributed by atoms with E-state index in [0.29, 0.717) is 24.2 Å². The third-order valence-corrected chi connectivity index (χ3v) is 8.85. The highest BCUT2D eigenvalue weighted by atomic mass is 32.2. The summed E-state index contributed by atoms with van der Waals surface area (Å²) in [6, 6.07) is 16.2. The van der Waals surface area contributed by atoms with Crippen molar-refractivity contribution in [2.75, 3.05) is 62.1 Å². The molecule has 0 radical (unpaired) electrons. The first-order valence-electron chi connectivity index (χ1n) is 13.3. The van der Waals surface area contributed by atoms with Gasteiger partial charge in [-0.3, -0.25) is 4.31 Å². The van der Waals surface area contributed by atoms with Crippen molar-refractivity contribution in [3.05, 3.63) is 66.5 Å². The monoisotopic (exact) mass is 563 g/mol. The Balaban J connectivity index is 1.37. The molecular formula is C29H37N7O3S. The van der Waals surface area contributed by atoms with Gasteiger partial charge in [-0.05, 0) is 56.8 Å². The summed E-state index contributed by atoms with van der Waals surface area (Å²) in [7, 11) is 4.14. The number of anilines is 4. The molecule has 0 spiro atoms. The molecular weight excluding hydrogens is 526 g/mol. The van der Waals surface area contributed by atoms with Crippen LogP contribution in [0.4, 0.5) is 23.0 Å². The first-order valence-corrected chi connectivity index (χ1v) is 15.2. The molecule has 1 saturated heterocycles. The average Bonchev–Trinajstić information content (AvgIpc) is 3.34. The summed E-state index contributed by atoms with van der Waals surface area (Å²) in [5, 5.41) is 4.22. The molecule has 1 N–H and O–H groups in total. The molecule has 0 unspecified atom stereocenters. The van der Waals surface area contributed by atoms with Gasteiger partial charge in [-0.1, -0.05) is 18.2 Å². The van der Waals surface area contributed by atoms with E-state index in [1.807, 2.05) is 47.2 Å². The number of ether oxygens (including phenoxy) is 1. The van der Waals surface area contributed by atoms with Gasteiger partial charge in [-0.2, -0.15) is 4.98 Å². The summed E-state index contributed by atoms with van der Waals surface area (Å²) >= 11 is 0. The third kappa shape index (κ3) is 5.85. The molecule has 10 nitrogen and oxygen atoms in total. The molecule has 1 aliphatic rings. The van der Waals surface area contributed by atoms with Gasteiger partial charge in [0.15, 0.2) is 0 Å². The van der Waals surface area contributed by atoms with Gasteiger partial charge in [0.1, 0.15) is 11.4 Å². The molecule has 2 aromatic carbocycles. The maximum atomic E-state index is 12.2. The van der Waals surface area contributed by atoms with Crippen molar-refractivity contribution in [2.24, 2.45) is 0 Å². The Morgan fingerprint density at radius 1 is 1.07 bits per heavy atom. The van der Waals surface area contributed by atoms with E-state index in [1.54, 1.807) is 20.4 Å². The van der Waals surface area contributed by atoms with E-state index >= 15 is 0 Å².